The van der Waals surface area contributed by atoms with Crippen molar-refractivity contribution in [2.24, 2.45) is 0 Å². The number of hydrogen-bond acceptors (Lipinski definition) is 7. The second-order valence-electron chi connectivity index (χ2n) is 7.23. The minimum absolute atomic E-state index is 0.519. The van der Waals surface area contributed by atoms with Crippen LogP contribution in [0.1, 0.15) is 12.5 Å². The third kappa shape index (κ3) is 4.10. The summed E-state index contributed by atoms with van der Waals surface area (Å²) in [6.07, 6.45) is 7.34. The van der Waals surface area contributed by atoms with E-state index < -0.39 is 0 Å². The molecule has 1 aromatic carbocycles. The Balaban J connectivity index is 1.46. The topological polar surface area (TPSA) is 89.8 Å². The molecular formula is C23H23N7O. The normalized spacial score (nSPS) is 13.2. The van der Waals surface area contributed by atoms with Gasteiger partial charge in [0, 0.05) is 72.9 Å². The van der Waals surface area contributed by atoms with Crippen molar-refractivity contribution in [2.75, 3.05) is 18.5 Å². The van der Waals surface area contributed by atoms with Crippen molar-refractivity contribution in [1.29, 1.82) is 0 Å². The van der Waals surface area contributed by atoms with Crippen molar-refractivity contribution in [1.82, 2.24) is 30.0 Å². The SMILES string of the molecule is CCn1cc(-c2ccnc(Nc3ccc4c(c3)OCCNC4)n2)c(-c2cccnc2)n1. The molecule has 0 unspecified atom stereocenters. The quantitative estimate of drug-likeness (QED) is 0.516. The van der Waals surface area contributed by atoms with Crippen LogP contribution in [0.3, 0.4) is 0 Å². The van der Waals surface area contributed by atoms with Crippen molar-refractivity contribution >= 4 is 11.6 Å². The summed E-state index contributed by atoms with van der Waals surface area (Å²) in [5.74, 6) is 1.40. The highest BCUT2D eigenvalue weighted by Gasteiger charge is 2.15. The first-order valence-electron chi connectivity index (χ1n) is 10.3. The number of hydrogen-bond donors (Lipinski definition) is 2. The number of pyridine rings is 1. The fourth-order valence-corrected chi connectivity index (χ4v) is 3.55. The Hall–Kier alpha value is -3.78. The molecule has 31 heavy (non-hydrogen) atoms. The van der Waals surface area contributed by atoms with Gasteiger partial charge in [0.2, 0.25) is 5.95 Å². The van der Waals surface area contributed by atoms with Gasteiger partial charge in [-0.05, 0) is 31.2 Å². The highest BCUT2D eigenvalue weighted by molar-refractivity contribution is 5.78. The maximum Gasteiger partial charge on any atom is 0.227 e. The fraction of sp³-hybridized carbons (Fsp3) is 0.217. The van der Waals surface area contributed by atoms with E-state index in [1.165, 1.54) is 0 Å². The lowest BCUT2D eigenvalue weighted by atomic mass is 10.1. The summed E-state index contributed by atoms with van der Waals surface area (Å²) < 4.78 is 7.75. The van der Waals surface area contributed by atoms with Crippen LogP contribution >= 0.6 is 0 Å². The zero-order valence-corrected chi connectivity index (χ0v) is 17.2. The van der Waals surface area contributed by atoms with E-state index >= 15 is 0 Å². The van der Waals surface area contributed by atoms with Crippen LogP contribution in [0.2, 0.25) is 0 Å². The molecule has 8 heteroatoms. The lowest BCUT2D eigenvalue weighted by Crippen LogP contribution is -2.16. The van der Waals surface area contributed by atoms with Crippen LogP contribution in [0.25, 0.3) is 22.5 Å². The highest BCUT2D eigenvalue weighted by atomic mass is 16.5. The number of nitrogens with one attached hydrogen (secondary N) is 2. The zero-order chi connectivity index (χ0) is 21.0. The van der Waals surface area contributed by atoms with Crippen LogP contribution in [0.15, 0.2) is 61.2 Å². The molecule has 0 amide bonds. The molecule has 3 aromatic heterocycles. The van der Waals surface area contributed by atoms with Gasteiger partial charge < -0.3 is 15.4 Å². The Morgan fingerprint density at radius 3 is 3.03 bits per heavy atom. The van der Waals surface area contributed by atoms with E-state index in [4.69, 9.17) is 14.8 Å². The number of nitrogens with zero attached hydrogens (tertiary/aromatic N) is 5. The van der Waals surface area contributed by atoms with Crippen LogP contribution in [0.5, 0.6) is 5.75 Å². The minimum Gasteiger partial charge on any atom is -0.492 e. The van der Waals surface area contributed by atoms with E-state index in [2.05, 4.69) is 33.6 Å². The van der Waals surface area contributed by atoms with Gasteiger partial charge >= 0.3 is 0 Å². The average Bonchev–Trinajstić information content (AvgIpc) is 3.12. The molecule has 4 heterocycles. The van der Waals surface area contributed by atoms with Gasteiger partial charge in [-0.15, -0.1) is 0 Å². The van der Waals surface area contributed by atoms with Gasteiger partial charge in [-0.3, -0.25) is 9.67 Å². The van der Waals surface area contributed by atoms with Crippen LogP contribution in [0, 0.1) is 0 Å². The predicted octanol–water partition coefficient (Wildman–Crippen LogP) is 3.65. The Kier molecular flexibility index (Phi) is 5.28. The average molecular weight is 413 g/mol. The first kappa shape index (κ1) is 19.2. The molecule has 4 aromatic rings. The van der Waals surface area contributed by atoms with Gasteiger partial charge in [0.05, 0.1) is 5.69 Å². The van der Waals surface area contributed by atoms with E-state index in [0.717, 1.165) is 59.1 Å². The Labute approximate surface area is 180 Å². The van der Waals surface area contributed by atoms with Crippen molar-refractivity contribution in [3.05, 3.63) is 66.7 Å². The summed E-state index contributed by atoms with van der Waals surface area (Å²) in [5, 5.41) is 11.4. The van der Waals surface area contributed by atoms with E-state index in [1.54, 1.807) is 12.4 Å². The number of fused-ring (bicyclic) bond motifs is 1. The van der Waals surface area contributed by atoms with Crippen molar-refractivity contribution in [3.8, 4) is 28.3 Å². The summed E-state index contributed by atoms with van der Waals surface area (Å²) in [7, 11) is 0. The van der Waals surface area contributed by atoms with Crippen molar-refractivity contribution in [2.45, 2.75) is 20.0 Å². The van der Waals surface area contributed by atoms with Crippen molar-refractivity contribution in [3.63, 3.8) is 0 Å². The van der Waals surface area contributed by atoms with E-state index in [1.807, 2.05) is 47.4 Å². The molecule has 8 nitrogen and oxygen atoms in total. The maximum atomic E-state index is 5.84. The second-order valence-corrected chi connectivity index (χ2v) is 7.23. The first-order valence-corrected chi connectivity index (χ1v) is 10.3. The maximum absolute atomic E-state index is 5.84. The third-order valence-corrected chi connectivity index (χ3v) is 5.13. The molecular weight excluding hydrogens is 390 g/mol. The molecule has 156 valence electrons. The number of aromatic nitrogens is 5. The van der Waals surface area contributed by atoms with Crippen LogP contribution < -0.4 is 15.4 Å². The van der Waals surface area contributed by atoms with Gasteiger partial charge in [-0.1, -0.05) is 6.07 Å². The first-order chi connectivity index (χ1) is 15.3. The molecule has 0 radical (unpaired) electrons. The summed E-state index contributed by atoms with van der Waals surface area (Å²) in [6.45, 7) is 5.13. The van der Waals surface area contributed by atoms with Gasteiger partial charge in [0.1, 0.15) is 18.1 Å². The fourth-order valence-electron chi connectivity index (χ4n) is 3.55. The van der Waals surface area contributed by atoms with E-state index in [0.29, 0.717) is 12.6 Å². The van der Waals surface area contributed by atoms with Gasteiger partial charge in [0.15, 0.2) is 0 Å². The summed E-state index contributed by atoms with van der Waals surface area (Å²) in [5.41, 5.74) is 5.57. The summed E-state index contributed by atoms with van der Waals surface area (Å²) in [4.78, 5) is 13.4. The number of ether oxygens (including phenoxy) is 1. The molecule has 0 bridgehead atoms. The lowest BCUT2D eigenvalue weighted by Gasteiger charge is -2.11. The summed E-state index contributed by atoms with van der Waals surface area (Å²) >= 11 is 0. The molecule has 0 saturated heterocycles. The second kappa shape index (κ2) is 8.53. The summed E-state index contributed by atoms with van der Waals surface area (Å²) in [6, 6.07) is 11.9. The molecule has 1 aliphatic rings. The van der Waals surface area contributed by atoms with E-state index in [9.17, 15) is 0 Å². The molecule has 0 saturated carbocycles. The Bertz CT molecular complexity index is 1190. The number of rotatable bonds is 5. The van der Waals surface area contributed by atoms with Gasteiger partial charge in [-0.2, -0.15) is 5.10 Å². The standard InChI is InChI=1S/C23H23N7O/c1-2-30-15-19(22(29-30)17-4-3-8-24-14-17)20-7-9-26-23(28-20)27-18-6-5-16-13-25-10-11-31-21(16)12-18/h3-9,12,14-15,25H,2,10-11,13H2,1H3,(H,26,27,28). The lowest BCUT2D eigenvalue weighted by molar-refractivity contribution is 0.326. The molecule has 0 aliphatic carbocycles. The number of benzene rings is 1. The monoisotopic (exact) mass is 413 g/mol. The molecule has 0 spiro atoms. The zero-order valence-electron chi connectivity index (χ0n) is 17.2. The Morgan fingerprint density at radius 2 is 2.16 bits per heavy atom. The smallest absolute Gasteiger partial charge is 0.227 e. The highest BCUT2D eigenvalue weighted by Crippen LogP contribution is 2.31. The van der Waals surface area contributed by atoms with Crippen molar-refractivity contribution < 1.29 is 4.74 Å². The van der Waals surface area contributed by atoms with E-state index in [-0.39, 0.29) is 0 Å². The number of aryl methyl sites for hydroxylation is 1. The largest absolute Gasteiger partial charge is 0.492 e. The molecule has 0 fully saturated rings. The molecule has 1 aliphatic heterocycles. The number of anilines is 2. The third-order valence-electron chi connectivity index (χ3n) is 5.13. The van der Waals surface area contributed by atoms with Crippen LogP contribution in [-0.2, 0) is 13.1 Å². The molecule has 2 N–H and O–H groups in total. The Morgan fingerprint density at radius 1 is 1.19 bits per heavy atom. The van der Waals surface area contributed by atoms with Crippen LogP contribution in [0.4, 0.5) is 11.6 Å². The molecule has 0 atom stereocenters. The van der Waals surface area contributed by atoms with Gasteiger partial charge in [0.25, 0.3) is 0 Å². The van der Waals surface area contributed by atoms with Gasteiger partial charge in [-0.25, -0.2) is 9.97 Å². The molecule has 5 rings (SSSR count). The van der Waals surface area contributed by atoms with Crippen LogP contribution in [-0.4, -0.2) is 37.9 Å². The minimum atomic E-state index is 0.519. The predicted molar refractivity (Wildman–Crippen MR) is 119 cm³/mol.